The second kappa shape index (κ2) is 11.1. The summed E-state index contributed by atoms with van der Waals surface area (Å²) in [4.78, 5) is 29.6. The van der Waals surface area contributed by atoms with E-state index in [-0.39, 0.29) is 23.4 Å². The first-order chi connectivity index (χ1) is 16.3. The van der Waals surface area contributed by atoms with Crippen LogP contribution in [0.15, 0.2) is 60.7 Å². The summed E-state index contributed by atoms with van der Waals surface area (Å²) in [6.07, 6.45) is 1.63. The molecule has 0 bridgehead atoms. The summed E-state index contributed by atoms with van der Waals surface area (Å²) in [6.45, 7) is 12.1. The Morgan fingerprint density at radius 1 is 1.21 bits per heavy atom. The van der Waals surface area contributed by atoms with Crippen LogP contribution >= 0.6 is 0 Å². The number of ether oxygens (including phenoxy) is 1. The molecule has 1 aliphatic rings. The average molecular weight is 467 g/mol. The third-order valence-electron chi connectivity index (χ3n) is 6.10. The summed E-state index contributed by atoms with van der Waals surface area (Å²) >= 11 is 0. The number of aliphatic hydroxyl groups is 1. The van der Waals surface area contributed by atoms with Crippen LogP contribution in [0.5, 0.6) is 5.75 Å². The molecule has 34 heavy (non-hydrogen) atoms. The SMILES string of the molecule is C=CCOc1ccc(/C(O)=C2\C(=O)C(=O)N(CCN(CC)CC)C2c2ccccc2F)cc1C. The first-order valence-corrected chi connectivity index (χ1v) is 11.4. The maximum Gasteiger partial charge on any atom is 0.295 e. The zero-order chi connectivity index (χ0) is 24.8. The number of ketones is 1. The highest BCUT2D eigenvalue weighted by Gasteiger charge is 2.46. The molecule has 2 aromatic carbocycles. The van der Waals surface area contributed by atoms with E-state index >= 15 is 0 Å². The van der Waals surface area contributed by atoms with E-state index in [0.29, 0.717) is 24.5 Å². The highest BCUT2D eigenvalue weighted by Crippen LogP contribution is 2.40. The Hall–Kier alpha value is -3.45. The van der Waals surface area contributed by atoms with Crippen molar-refractivity contribution in [3.8, 4) is 5.75 Å². The molecule has 1 aliphatic heterocycles. The molecule has 1 fully saturated rings. The minimum Gasteiger partial charge on any atom is -0.507 e. The molecule has 180 valence electrons. The van der Waals surface area contributed by atoms with Gasteiger partial charge in [-0.25, -0.2) is 4.39 Å². The Bertz CT molecular complexity index is 1110. The molecule has 3 rings (SSSR count). The summed E-state index contributed by atoms with van der Waals surface area (Å²) in [7, 11) is 0. The lowest BCUT2D eigenvalue weighted by atomic mass is 9.94. The molecule has 7 heteroatoms. The first kappa shape index (κ1) is 25.2. The third kappa shape index (κ3) is 5.04. The van der Waals surface area contributed by atoms with E-state index in [4.69, 9.17) is 4.74 Å². The molecule has 1 saturated heterocycles. The predicted octanol–water partition coefficient (Wildman–Crippen LogP) is 4.46. The van der Waals surface area contributed by atoms with Gasteiger partial charge in [-0.15, -0.1) is 0 Å². The van der Waals surface area contributed by atoms with Crippen LogP contribution in [0.3, 0.4) is 0 Å². The highest BCUT2D eigenvalue weighted by atomic mass is 19.1. The van der Waals surface area contributed by atoms with Crippen molar-refractivity contribution < 1.29 is 23.8 Å². The van der Waals surface area contributed by atoms with Gasteiger partial charge in [0.2, 0.25) is 0 Å². The summed E-state index contributed by atoms with van der Waals surface area (Å²) in [5.74, 6) is -1.84. The molecular weight excluding hydrogens is 435 g/mol. The van der Waals surface area contributed by atoms with E-state index in [1.165, 1.54) is 11.0 Å². The fraction of sp³-hybridized carbons (Fsp3) is 0.333. The van der Waals surface area contributed by atoms with Crippen LogP contribution in [0.1, 0.15) is 36.6 Å². The van der Waals surface area contributed by atoms with Gasteiger partial charge in [0, 0.05) is 24.2 Å². The van der Waals surface area contributed by atoms with Crippen LogP contribution in [-0.4, -0.2) is 59.4 Å². The van der Waals surface area contributed by atoms with Gasteiger partial charge in [-0.2, -0.15) is 0 Å². The van der Waals surface area contributed by atoms with Crippen LogP contribution in [0, 0.1) is 12.7 Å². The van der Waals surface area contributed by atoms with Gasteiger partial charge in [0.1, 0.15) is 23.9 Å². The monoisotopic (exact) mass is 466 g/mol. The fourth-order valence-electron chi connectivity index (χ4n) is 4.18. The molecule has 0 radical (unpaired) electrons. The molecule has 1 N–H and O–H groups in total. The number of halogens is 1. The van der Waals surface area contributed by atoms with Crippen molar-refractivity contribution in [1.82, 2.24) is 9.80 Å². The summed E-state index contributed by atoms with van der Waals surface area (Å²) < 4.78 is 20.5. The number of likely N-dealkylation sites (N-methyl/N-ethyl adjacent to an activating group) is 1. The number of Topliss-reactive ketones (excluding diaryl/α,β-unsaturated/α-hetero) is 1. The Morgan fingerprint density at radius 2 is 1.91 bits per heavy atom. The molecular formula is C27H31FN2O4. The lowest BCUT2D eigenvalue weighted by molar-refractivity contribution is -0.140. The van der Waals surface area contributed by atoms with Gasteiger partial charge in [0.05, 0.1) is 11.6 Å². The molecule has 0 aliphatic carbocycles. The molecule has 0 saturated carbocycles. The van der Waals surface area contributed by atoms with Crippen LogP contribution in [-0.2, 0) is 9.59 Å². The van der Waals surface area contributed by atoms with Crippen molar-refractivity contribution in [3.63, 3.8) is 0 Å². The van der Waals surface area contributed by atoms with Crippen molar-refractivity contribution >= 4 is 17.4 Å². The second-order valence-electron chi connectivity index (χ2n) is 8.12. The van der Waals surface area contributed by atoms with Crippen LogP contribution in [0.2, 0.25) is 0 Å². The molecule has 1 unspecified atom stereocenters. The second-order valence-corrected chi connectivity index (χ2v) is 8.12. The number of benzene rings is 2. The number of carbonyl (C=O) groups excluding carboxylic acids is 2. The lowest BCUT2D eigenvalue weighted by Gasteiger charge is -2.28. The Labute approximate surface area is 199 Å². The van der Waals surface area contributed by atoms with E-state index in [1.807, 2.05) is 20.8 Å². The van der Waals surface area contributed by atoms with Crippen molar-refractivity contribution in [2.24, 2.45) is 0 Å². The maximum atomic E-state index is 14.9. The molecule has 1 atom stereocenters. The number of rotatable bonds is 10. The number of carbonyl (C=O) groups is 2. The summed E-state index contributed by atoms with van der Waals surface area (Å²) in [5, 5.41) is 11.2. The Kier molecular flexibility index (Phi) is 8.23. The van der Waals surface area contributed by atoms with E-state index < -0.39 is 23.5 Å². The van der Waals surface area contributed by atoms with Gasteiger partial charge in [0.25, 0.3) is 11.7 Å². The third-order valence-corrected chi connectivity index (χ3v) is 6.10. The number of aliphatic hydroxyl groups excluding tert-OH is 1. The fourth-order valence-corrected chi connectivity index (χ4v) is 4.18. The summed E-state index contributed by atoms with van der Waals surface area (Å²) in [5.41, 5.74) is 1.15. The van der Waals surface area contributed by atoms with E-state index in [2.05, 4.69) is 11.5 Å². The smallest absolute Gasteiger partial charge is 0.295 e. The molecule has 1 amide bonds. The first-order valence-electron chi connectivity index (χ1n) is 11.4. The van der Waals surface area contributed by atoms with Crippen molar-refractivity contribution in [2.75, 3.05) is 32.8 Å². The molecule has 0 spiro atoms. The highest BCUT2D eigenvalue weighted by molar-refractivity contribution is 6.46. The van der Waals surface area contributed by atoms with Crippen LogP contribution in [0.4, 0.5) is 4.39 Å². The number of amides is 1. The molecule has 0 aromatic heterocycles. The van der Waals surface area contributed by atoms with Crippen molar-refractivity contribution in [2.45, 2.75) is 26.8 Å². The standard InChI is InChI=1S/C27H31FN2O4/c1-5-16-34-22-13-12-19(17-18(22)4)25(31)23-24(20-10-8-9-11-21(20)28)30(27(33)26(23)32)15-14-29(6-2)7-3/h5,8-13,17,24,31H,1,6-7,14-16H2,2-4H3/b25-23+. The largest absolute Gasteiger partial charge is 0.507 e. The topological polar surface area (TPSA) is 70.1 Å². The maximum absolute atomic E-state index is 14.9. The number of hydrogen-bond acceptors (Lipinski definition) is 5. The normalized spacial score (nSPS) is 17.4. The zero-order valence-electron chi connectivity index (χ0n) is 19.9. The minimum atomic E-state index is -1.02. The molecule has 2 aromatic rings. The van der Waals surface area contributed by atoms with E-state index in [0.717, 1.165) is 18.7 Å². The number of nitrogens with zero attached hydrogens (tertiary/aromatic N) is 2. The Morgan fingerprint density at radius 3 is 2.53 bits per heavy atom. The van der Waals surface area contributed by atoms with Gasteiger partial charge in [-0.3, -0.25) is 9.59 Å². The zero-order valence-corrected chi connectivity index (χ0v) is 19.9. The quantitative estimate of drug-likeness (QED) is 0.242. The Balaban J connectivity index is 2.09. The van der Waals surface area contributed by atoms with Gasteiger partial charge < -0.3 is 19.6 Å². The van der Waals surface area contributed by atoms with Gasteiger partial charge >= 0.3 is 0 Å². The van der Waals surface area contributed by atoms with Crippen molar-refractivity contribution in [3.05, 3.63) is 83.2 Å². The molecule has 1 heterocycles. The molecule has 6 nitrogen and oxygen atoms in total. The predicted molar refractivity (Wildman–Crippen MR) is 130 cm³/mol. The number of aryl methyl sites for hydroxylation is 1. The minimum absolute atomic E-state index is 0.117. The van der Waals surface area contributed by atoms with Gasteiger partial charge in [-0.05, 0) is 49.8 Å². The summed E-state index contributed by atoms with van der Waals surface area (Å²) in [6, 6.07) is 9.98. The van der Waals surface area contributed by atoms with Crippen LogP contribution < -0.4 is 4.74 Å². The van der Waals surface area contributed by atoms with E-state index in [1.54, 1.807) is 42.5 Å². The van der Waals surface area contributed by atoms with Gasteiger partial charge in [0.15, 0.2) is 0 Å². The lowest BCUT2D eigenvalue weighted by Crippen LogP contribution is -2.38. The van der Waals surface area contributed by atoms with Crippen molar-refractivity contribution in [1.29, 1.82) is 0 Å². The number of likely N-dealkylation sites (tertiary alicyclic amines) is 1. The number of hydrogen-bond donors (Lipinski definition) is 1. The van der Waals surface area contributed by atoms with Gasteiger partial charge in [-0.1, -0.05) is 44.7 Å². The van der Waals surface area contributed by atoms with Crippen LogP contribution in [0.25, 0.3) is 5.76 Å². The average Bonchev–Trinajstić information content (AvgIpc) is 3.08. The van der Waals surface area contributed by atoms with E-state index in [9.17, 15) is 19.1 Å².